The number of carbonyl (C=O) groups excluding carboxylic acids is 1. The van der Waals surface area contributed by atoms with Gasteiger partial charge in [-0.05, 0) is 39.4 Å². The predicted molar refractivity (Wildman–Crippen MR) is 73.2 cm³/mol. The number of amides is 1. The van der Waals surface area contributed by atoms with Crippen LogP contribution in [0.1, 0.15) is 40.5 Å². The quantitative estimate of drug-likeness (QED) is 0.567. The molecule has 0 saturated carbocycles. The lowest BCUT2D eigenvalue weighted by atomic mass is 10.2. The van der Waals surface area contributed by atoms with Crippen LogP contribution in [0.2, 0.25) is 0 Å². The second-order valence-corrected chi connectivity index (χ2v) is 4.42. The van der Waals surface area contributed by atoms with E-state index >= 15 is 0 Å². The third kappa shape index (κ3) is 9.12. The minimum absolute atomic E-state index is 0.102. The van der Waals surface area contributed by atoms with Crippen molar-refractivity contribution in [2.24, 2.45) is 0 Å². The van der Waals surface area contributed by atoms with Crippen molar-refractivity contribution in [3.63, 3.8) is 0 Å². The fraction of sp³-hybridized carbons (Fsp3) is 0.923. The molecule has 0 fully saturated rings. The van der Waals surface area contributed by atoms with Crippen molar-refractivity contribution < 1.29 is 4.79 Å². The summed E-state index contributed by atoms with van der Waals surface area (Å²) < 4.78 is 0. The van der Waals surface area contributed by atoms with Crippen molar-refractivity contribution in [3.05, 3.63) is 0 Å². The van der Waals surface area contributed by atoms with E-state index in [2.05, 4.69) is 43.2 Å². The molecule has 0 aromatic rings. The molecule has 1 amide bonds. The van der Waals surface area contributed by atoms with Crippen molar-refractivity contribution in [1.29, 1.82) is 0 Å². The first-order valence-electron chi connectivity index (χ1n) is 6.86. The third-order valence-electron chi connectivity index (χ3n) is 3.09. The standard InChI is InChI=1S/C13H29N3O/c1-5-12(4)15-11-13(17)14-9-8-10-16(6-2)7-3/h12,15H,5-11H2,1-4H3,(H,14,17). The Bertz CT molecular complexity index is 193. The molecule has 0 aromatic heterocycles. The fourth-order valence-electron chi connectivity index (χ4n) is 1.54. The van der Waals surface area contributed by atoms with Crippen LogP contribution in [0.25, 0.3) is 0 Å². The highest BCUT2D eigenvalue weighted by Crippen LogP contribution is 1.89. The van der Waals surface area contributed by atoms with Crippen LogP contribution in [-0.2, 0) is 4.79 Å². The van der Waals surface area contributed by atoms with Crippen LogP contribution in [0, 0.1) is 0 Å². The van der Waals surface area contributed by atoms with Crippen molar-refractivity contribution in [2.75, 3.05) is 32.7 Å². The maximum atomic E-state index is 11.5. The molecule has 0 bridgehead atoms. The zero-order valence-corrected chi connectivity index (χ0v) is 11.9. The summed E-state index contributed by atoms with van der Waals surface area (Å²) in [7, 11) is 0. The monoisotopic (exact) mass is 243 g/mol. The van der Waals surface area contributed by atoms with E-state index in [1.807, 2.05) is 0 Å². The van der Waals surface area contributed by atoms with Crippen molar-refractivity contribution in [2.45, 2.75) is 46.6 Å². The van der Waals surface area contributed by atoms with Gasteiger partial charge in [-0.25, -0.2) is 0 Å². The van der Waals surface area contributed by atoms with E-state index < -0.39 is 0 Å². The zero-order chi connectivity index (χ0) is 13.1. The number of rotatable bonds is 10. The molecule has 0 aliphatic carbocycles. The van der Waals surface area contributed by atoms with E-state index in [4.69, 9.17) is 0 Å². The Labute approximate surface area is 106 Å². The Hall–Kier alpha value is -0.610. The topological polar surface area (TPSA) is 44.4 Å². The maximum absolute atomic E-state index is 11.5. The van der Waals surface area contributed by atoms with Crippen molar-refractivity contribution >= 4 is 5.91 Å². The van der Waals surface area contributed by atoms with Gasteiger partial charge in [0, 0.05) is 12.6 Å². The van der Waals surface area contributed by atoms with Crippen LogP contribution in [0.5, 0.6) is 0 Å². The number of nitrogens with zero attached hydrogens (tertiary/aromatic N) is 1. The molecule has 4 nitrogen and oxygen atoms in total. The van der Waals surface area contributed by atoms with Crippen LogP contribution in [0.3, 0.4) is 0 Å². The average molecular weight is 243 g/mol. The number of carbonyl (C=O) groups is 1. The molecular weight excluding hydrogens is 214 g/mol. The molecule has 0 rings (SSSR count). The lowest BCUT2D eigenvalue weighted by Gasteiger charge is -2.17. The van der Waals surface area contributed by atoms with Crippen molar-refractivity contribution in [1.82, 2.24) is 15.5 Å². The smallest absolute Gasteiger partial charge is 0.233 e. The minimum atomic E-state index is 0.102. The summed E-state index contributed by atoms with van der Waals surface area (Å²) in [6, 6.07) is 0.413. The van der Waals surface area contributed by atoms with Gasteiger partial charge in [0.25, 0.3) is 0 Å². The predicted octanol–water partition coefficient (Wildman–Crippen LogP) is 1.22. The Morgan fingerprint density at radius 3 is 2.41 bits per heavy atom. The van der Waals surface area contributed by atoms with Gasteiger partial charge < -0.3 is 15.5 Å². The van der Waals surface area contributed by atoms with E-state index in [1.165, 1.54) is 0 Å². The van der Waals surface area contributed by atoms with Crippen LogP contribution >= 0.6 is 0 Å². The summed E-state index contributed by atoms with van der Waals surface area (Å²) in [5.74, 6) is 0.102. The van der Waals surface area contributed by atoms with E-state index in [9.17, 15) is 4.79 Å². The number of hydrogen-bond acceptors (Lipinski definition) is 3. The number of nitrogens with one attached hydrogen (secondary N) is 2. The van der Waals surface area contributed by atoms with Gasteiger partial charge in [-0.2, -0.15) is 0 Å². The van der Waals surface area contributed by atoms with E-state index in [0.29, 0.717) is 12.6 Å². The molecule has 4 heteroatoms. The minimum Gasteiger partial charge on any atom is -0.355 e. The van der Waals surface area contributed by atoms with Gasteiger partial charge in [-0.3, -0.25) is 4.79 Å². The lowest BCUT2D eigenvalue weighted by molar-refractivity contribution is -0.120. The molecule has 0 aliphatic rings. The largest absolute Gasteiger partial charge is 0.355 e. The molecule has 0 heterocycles. The van der Waals surface area contributed by atoms with Crippen LogP contribution in [0.15, 0.2) is 0 Å². The summed E-state index contributed by atoms with van der Waals surface area (Å²) in [5.41, 5.74) is 0. The first-order valence-corrected chi connectivity index (χ1v) is 6.86. The van der Waals surface area contributed by atoms with Gasteiger partial charge in [-0.1, -0.05) is 20.8 Å². The Morgan fingerprint density at radius 2 is 1.88 bits per heavy atom. The summed E-state index contributed by atoms with van der Waals surface area (Å²) in [4.78, 5) is 13.8. The van der Waals surface area contributed by atoms with Gasteiger partial charge in [0.2, 0.25) is 5.91 Å². The number of hydrogen-bond donors (Lipinski definition) is 2. The third-order valence-corrected chi connectivity index (χ3v) is 3.09. The van der Waals surface area contributed by atoms with Gasteiger partial charge in [0.1, 0.15) is 0 Å². The molecule has 102 valence electrons. The average Bonchev–Trinajstić information content (AvgIpc) is 2.36. The second kappa shape index (κ2) is 10.5. The molecule has 1 unspecified atom stereocenters. The molecule has 0 radical (unpaired) electrons. The summed E-state index contributed by atoms with van der Waals surface area (Å²) in [6.07, 6.45) is 2.08. The van der Waals surface area contributed by atoms with Crippen molar-refractivity contribution in [3.8, 4) is 0 Å². The highest BCUT2D eigenvalue weighted by Gasteiger charge is 2.03. The van der Waals surface area contributed by atoms with Gasteiger partial charge >= 0.3 is 0 Å². The second-order valence-electron chi connectivity index (χ2n) is 4.42. The maximum Gasteiger partial charge on any atom is 0.233 e. The van der Waals surface area contributed by atoms with E-state index in [1.54, 1.807) is 0 Å². The summed E-state index contributed by atoms with van der Waals surface area (Å²) in [5, 5.41) is 6.12. The van der Waals surface area contributed by atoms with Crippen LogP contribution < -0.4 is 10.6 Å². The van der Waals surface area contributed by atoms with Gasteiger partial charge in [0.05, 0.1) is 6.54 Å². The Kier molecular flexibility index (Phi) is 10.2. The summed E-state index contributed by atoms with van der Waals surface area (Å²) in [6.45, 7) is 13.0. The molecule has 0 spiro atoms. The molecule has 17 heavy (non-hydrogen) atoms. The van der Waals surface area contributed by atoms with Crippen LogP contribution in [0.4, 0.5) is 0 Å². The molecule has 0 saturated heterocycles. The van der Waals surface area contributed by atoms with Crippen LogP contribution in [-0.4, -0.2) is 49.6 Å². The first-order chi connectivity index (χ1) is 8.13. The zero-order valence-electron chi connectivity index (χ0n) is 11.9. The molecule has 0 aromatic carbocycles. The normalized spacial score (nSPS) is 12.8. The molecule has 2 N–H and O–H groups in total. The first kappa shape index (κ1) is 16.4. The molecular formula is C13H29N3O. The van der Waals surface area contributed by atoms with E-state index in [0.717, 1.165) is 39.0 Å². The van der Waals surface area contributed by atoms with Gasteiger partial charge in [-0.15, -0.1) is 0 Å². The SMILES string of the molecule is CCC(C)NCC(=O)NCCCN(CC)CC. The molecule has 0 aliphatic heterocycles. The molecule has 1 atom stereocenters. The Morgan fingerprint density at radius 1 is 1.24 bits per heavy atom. The fourth-order valence-corrected chi connectivity index (χ4v) is 1.54. The van der Waals surface area contributed by atoms with E-state index in [-0.39, 0.29) is 5.91 Å². The Balaban J connectivity index is 3.45. The summed E-state index contributed by atoms with van der Waals surface area (Å²) >= 11 is 0. The highest BCUT2D eigenvalue weighted by molar-refractivity contribution is 5.77. The lowest BCUT2D eigenvalue weighted by Crippen LogP contribution is -2.38. The highest BCUT2D eigenvalue weighted by atomic mass is 16.1. The van der Waals surface area contributed by atoms with Gasteiger partial charge in [0.15, 0.2) is 0 Å².